The number of rotatable bonds is 5. The average Bonchev–Trinajstić information content (AvgIpc) is 2.57. The van der Waals surface area contributed by atoms with Gasteiger partial charge in [0.05, 0.1) is 17.6 Å². The largest absolute Gasteiger partial charge is 0.369 e. The number of esters is 1. The minimum atomic E-state index is -0.544. The summed E-state index contributed by atoms with van der Waals surface area (Å²) in [4.78, 5) is 17.9. The molecule has 0 N–H and O–H groups in total. The molecule has 2 rings (SSSR count). The van der Waals surface area contributed by atoms with E-state index in [2.05, 4.69) is 16.7 Å². The third-order valence-electron chi connectivity index (χ3n) is 3.03. The SMILES string of the molecule is C.C#COC(=O)c1ccc(N=CN(CC)c2ccccc2)cc1.[HH].[HH]. The third-order valence-corrected chi connectivity index (χ3v) is 3.03. The molecule has 0 radical (unpaired) electrons. The van der Waals surface area contributed by atoms with Crippen LogP contribution in [0.15, 0.2) is 59.6 Å². The number of nitrogens with zero attached hydrogens (tertiary/aromatic N) is 2. The highest BCUT2D eigenvalue weighted by Crippen LogP contribution is 2.15. The number of ether oxygens (including phenoxy) is 1. The zero-order chi connectivity index (χ0) is 15.8. The van der Waals surface area contributed by atoms with E-state index in [1.165, 1.54) is 0 Å². The predicted octanol–water partition coefficient (Wildman–Crippen LogP) is 4.75. The van der Waals surface area contributed by atoms with Crippen molar-refractivity contribution in [1.29, 1.82) is 0 Å². The van der Waals surface area contributed by atoms with Gasteiger partial charge in [-0.2, -0.15) is 0 Å². The first-order chi connectivity index (χ1) is 10.7. The lowest BCUT2D eigenvalue weighted by molar-refractivity contribution is 0.0691. The standard InChI is InChI=1S/C18H16N2O2.CH4.2H2/c1-3-20(17-8-6-5-7-9-17)14-19-16-12-10-15(11-13-16)18(21)22-4-2;;;/h2,5-14H,3H2,1H3;1H4;2*1H. The van der Waals surface area contributed by atoms with E-state index in [0.717, 1.165) is 17.9 Å². The fraction of sp³-hybridized carbons (Fsp3) is 0.158. The maximum absolute atomic E-state index is 11.4. The summed E-state index contributed by atoms with van der Waals surface area (Å²) in [6, 6.07) is 16.7. The van der Waals surface area contributed by atoms with E-state index in [4.69, 9.17) is 6.42 Å². The van der Waals surface area contributed by atoms with Crippen LogP contribution in [0, 0.1) is 12.5 Å². The molecule has 0 spiro atoms. The Kier molecular flexibility index (Phi) is 7.09. The van der Waals surface area contributed by atoms with Crippen LogP contribution in [0.25, 0.3) is 0 Å². The Balaban J connectivity index is 0. The summed E-state index contributed by atoms with van der Waals surface area (Å²) in [5, 5.41) is 0. The topological polar surface area (TPSA) is 41.9 Å². The van der Waals surface area contributed by atoms with Gasteiger partial charge in [0.15, 0.2) is 0 Å². The van der Waals surface area contributed by atoms with Crippen molar-refractivity contribution in [3.05, 3.63) is 60.2 Å². The normalized spacial score (nSPS) is 9.74. The lowest BCUT2D eigenvalue weighted by Crippen LogP contribution is -2.19. The fourth-order valence-corrected chi connectivity index (χ4v) is 1.88. The minimum Gasteiger partial charge on any atom is -0.369 e. The first-order valence-corrected chi connectivity index (χ1v) is 6.87. The summed E-state index contributed by atoms with van der Waals surface area (Å²) >= 11 is 0. The fourth-order valence-electron chi connectivity index (χ4n) is 1.88. The monoisotopic (exact) mass is 312 g/mol. The summed E-state index contributed by atoms with van der Waals surface area (Å²) < 4.78 is 4.48. The molecule has 0 heterocycles. The molecule has 0 saturated carbocycles. The number of benzene rings is 2. The quantitative estimate of drug-likeness (QED) is 0.346. The highest BCUT2D eigenvalue weighted by Gasteiger charge is 2.05. The number of anilines is 1. The van der Waals surface area contributed by atoms with Crippen molar-refractivity contribution >= 4 is 23.7 Å². The van der Waals surface area contributed by atoms with Gasteiger partial charge in [-0.1, -0.05) is 32.0 Å². The molecule has 4 nitrogen and oxygen atoms in total. The number of terminal acetylenes is 1. The van der Waals surface area contributed by atoms with Crippen molar-refractivity contribution in [2.75, 3.05) is 11.4 Å². The van der Waals surface area contributed by atoms with E-state index >= 15 is 0 Å². The van der Waals surface area contributed by atoms with Crippen LogP contribution in [0.1, 0.15) is 27.6 Å². The molecule has 2 aromatic carbocycles. The van der Waals surface area contributed by atoms with E-state index in [1.54, 1.807) is 30.6 Å². The molecule has 0 aliphatic rings. The van der Waals surface area contributed by atoms with Gasteiger partial charge in [0, 0.05) is 15.1 Å². The highest BCUT2D eigenvalue weighted by atomic mass is 16.5. The summed E-state index contributed by atoms with van der Waals surface area (Å²) in [6.45, 7) is 2.86. The second kappa shape index (κ2) is 9.06. The zero-order valence-corrected chi connectivity index (χ0v) is 12.3. The molecule has 0 bridgehead atoms. The molecule has 122 valence electrons. The van der Waals surface area contributed by atoms with Gasteiger partial charge >= 0.3 is 5.97 Å². The van der Waals surface area contributed by atoms with E-state index in [1.807, 2.05) is 41.3 Å². The molecule has 0 saturated heterocycles. The van der Waals surface area contributed by atoms with Gasteiger partial charge in [-0.25, -0.2) is 9.79 Å². The molecule has 4 heteroatoms. The third kappa shape index (κ3) is 5.01. The molecule has 2 aromatic rings. The van der Waals surface area contributed by atoms with Crippen LogP contribution < -0.4 is 4.90 Å². The van der Waals surface area contributed by atoms with Crippen molar-refractivity contribution in [2.45, 2.75) is 14.4 Å². The Morgan fingerprint density at radius 1 is 1.26 bits per heavy atom. The molecule has 0 atom stereocenters. The smallest absolute Gasteiger partial charge is 0.352 e. The van der Waals surface area contributed by atoms with E-state index in [9.17, 15) is 4.79 Å². The molecule has 0 unspecified atom stereocenters. The number of para-hydroxylation sites is 1. The van der Waals surface area contributed by atoms with Gasteiger partial charge in [-0.15, -0.1) is 0 Å². The van der Waals surface area contributed by atoms with Crippen LogP contribution in [0.4, 0.5) is 11.4 Å². The molecular weight excluding hydrogens is 288 g/mol. The van der Waals surface area contributed by atoms with Crippen molar-refractivity contribution in [3.63, 3.8) is 0 Å². The van der Waals surface area contributed by atoms with Gasteiger partial charge < -0.3 is 9.64 Å². The summed E-state index contributed by atoms with van der Waals surface area (Å²) in [7, 11) is 0. The van der Waals surface area contributed by atoms with Gasteiger partial charge in [0.2, 0.25) is 0 Å². The molecule has 0 aliphatic heterocycles. The van der Waals surface area contributed by atoms with Gasteiger partial charge in [0.25, 0.3) is 0 Å². The first kappa shape index (κ1) is 18.0. The maximum Gasteiger partial charge on any atom is 0.352 e. The lowest BCUT2D eigenvalue weighted by Gasteiger charge is -2.16. The Morgan fingerprint density at radius 3 is 2.48 bits per heavy atom. The Bertz CT molecular complexity index is 696. The van der Waals surface area contributed by atoms with Crippen LogP contribution in [0.5, 0.6) is 0 Å². The van der Waals surface area contributed by atoms with Crippen LogP contribution in [0.2, 0.25) is 0 Å². The predicted molar refractivity (Wildman–Crippen MR) is 99.3 cm³/mol. The maximum atomic E-state index is 11.4. The van der Waals surface area contributed by atoms with Crippen LogP contribution in [-0.4, -0.2) is 18.9 Å². The molecular formula is C19H24N2O2. The number of carbonyl (C=O) groups excluding carboxylic acids is 1. The Labute approximate surface area is 140 Å². The number of aliphatic imine (C=N–C) groups is 1. The van der Waals surface area contributed by atoms with Crippen molar-refractivity contribution in [1.82, 2.24) is 0 Å². The summed E-state index contributed by atoms with van der Waals surface area (Å²) in [5.41, 5.74) is 2.21. The van der Waals surface area contributed by atoms with Gasteiger partial charge in [0.1, 0.15) is 6.11 Å². The first-order valence-electron chi connectivity index (χ1n) is 6.87. The van der Waals surface area contributed by atoms with E-state index in [0.29, 0.717) is 5.56 Å². The number of hydrogen-bond acceptors (Lipinski definition) is 3. The Morgan fingerprint density at radius 2 is 1.91 bits per heavy atom. The average molecular weight is 312 g/mol. The van der Waals surface area contributed by atoms with Crippen molar-refractivity contribution < 1.29 is 12.4 Å². The molecule has 0 fully saturated rings. The number of hydrogen-bond donors (Lipinski definition) is 0. The Hall–Kier alpha value is -3.06. The summed E-state index contributed by atoms with van der Waals surface area (Å²) in [6.07, 6.45) is 8.55. The van der Waals surface area contributed by atoms with Crippen LogP contribution in [-0.2, 0) is 4.74 Å². The van der Waals surface area contributed by atoms with Crippen molar-refractivity contribution in [2.24, 2.45) is 4.99 Å². The number of carbonyl (C=O) groups is 1. The second-order valence-corrected chi connectivity index (χ2v) is 4.42. The van der Waals surface area contributed by atoms with Crippen LogP contribution in [0.3, 0.4) is 0 Å². The molecule has 0 aromatic heterocycles. The van der Waals surface area contributed by atoms with E-state index < -0.39 is 5.97 Å². The molecule has 0 aliphatic carbocycles. The molecule has 0 amide bonds. The minimum absolute atomic E-state index is 0. The molecule has 23 heavy (non-hydrogen) atoms. The van der Waals surface area contributed by atoms with Crippen LogP contribution >= 0.6 is 0 Å². The highest BCUT2D eigenvalue weighted by molar-refractivity contribution is 5.90. The summed E-state index contributed by atoms with van der Waals surface area (Å²) in [5.74, 6) is -0.544. The van der Waals surface area contributed by atoms with E-state index in [-0.39, 0.29) is 10.3 Å². The lowest BCUT2D eigenvalue weighted by atomic mass is 10.2. The van der Waals surface area contributed by atoms with Gasteiger partial charge in [-0.3, -0.25) is 0 Å². The van der Waals surface area contributed by atoms with Crippen molar-refractivity contribution in [3.8, 4) is 12.5 Å². The van der Waals surface area contributed by atoms with Gasteiger partial charge in [-0.05, 0) is 43.3 Å². The zero-order valence-electron chi connectivity index (χ0n) is 12.3. The second-order valence-electron chi connectivity index (χ2n) is 4.42.